The van der Waals surface area contributed by atoms with E-state index in [1.807, 2.05) is 0 Å². The number of nitrogens with zero attached hydrogens (tertiary/aromatic N) is 1. The first-order valence-corrected chi connectivity index (χ1v) is 5.93. The van der Waals surface area contributed by atoms with Gasteiger partial charge < -0.3 is 10.6 Å². The van der Waals surface area contributed by atoms with Crippen molar-refractivity contribution in [2.75, 3.05) is 11.9 Å². The molecule has 96 valence electrons. The third kappa shape index (κ3) is 2.58. The van der Waals surface area contributed by atoms with E-state index < -0.39 is 10.7 Å². The standard InChI is InChI=1S/C10H9BrFN3O3/c11-6-2-8(9(15(17)18)3-7(6)12)14-5-1-10(16)13-4-5/h2-3,5,14H,1,4H2,(H,13,16). The minimum Gasteiger partial charge on any atom is -0.374 e. The lowest BCUT2D eigenvalue weighted by Crippen LogP contribution is -2.22. The fraction of sp³-hybridized carbons (Fsp3) is 0.300. The number of hydrogen-bond acceptors (Lipinski definition) is 4. The summed E-state index contributed by atoms with van der Waals surface area (Å²) in [6.45, 7) is 0.394. The molecule has 0 radical (unpaired) electrons. The van der Waals surface area contributed by atoms with Crippen LogP contribution in [0.5, 0.6) is 0 Å². The summed E-state index contributed by atoms with van der Waals surface area (Å²) >= 11 is 2.97. The zero-order valence-corrected chi connectivity index (χ0v) is 10.7. The molecule has 1 unspecified atom stereocenters. The lowest BCUT2D eigenvalue weighted by atomic mass is 10.2. The number of nitro groups is 1. The van der Waals surface area contributed by atoms with Crippen LogP contribution in [-0.2, 0) is 4.79 Å². The molecule has 8 heteroatoms. The van der Waals surface area contributed by atoms with Crippen molar-refractivity contribution in [1.82, 2.24) is 5.32 Å². The fourth-order valence-electron chi connectivity index (χ4n) is 1.73. The molecular weight excluding hydrogens is 309 g/mol. The molecule has 2 rings (SSSR count). The van der Waals surface area contributed by atoms with E-state index in [-0.39, 0.29) is 34.2 Å². The molecule has 1 amide bonds. The van der Waals surface area contributed by atoms with Crippen LogP contribution in [0.1, 0.15) is 6.42 Å². The summed E-state index contributed by atoms with van der Waals surface area (Å²) in [4.78, 5) is 21.2. The normalized spacial score (nSPS) is 18.6. The Kier molecular flexibility index (Phi) is 3.46. The van der Waals surface area contributed by atoms with Gasteiger partial charge in [0.1, 0.15) is 11.5 Å². The van der Waals surface area contributed by atoms with Gasteiger partial charge >= 0.3 is 0 Å². The zero-order chi connectivity index (χ0) is 13.3. The summed E-state index contributed by atoms with van der Waals surface area (Å²) in [7, 11) is 0. The highest BCUT2D eigenvalue weighted by molar-refractivity contribution is 9.10. The maximum Gasteiger partial charge on any atom is 0.295 e. The average molecular weight is 318 g/mol. The van der Waals surface area contributed by atoms with Crippen molar-refractivity contribution >= 4 is 33.2 Å². The van der Waals surface area contributed by atoms with Gasteiger partial charge in [0.15, 0.2) is 0 Å². The molecule has 1 heterocycles. The van der Waals surface area contributed by atoms with E-state index in [2.05, 4.69) is 26.6 Å². The van der Waals surface area contributed by atoms with Gasteiger partial charge in [-0.2, -0.15) is 0 Å². The van der Waals surface area contributed by atoms with E-state index in [4.69, 9.17) is 0 Å². The van der Waals surface area contributed by atoms with Crippen LogP contribution in [-0.4, -0.2) is 23.4 Å². The van der Waals surface area contributed by atoms with Gasteiger partial charge in [0.2, 0.25) is 5.91 Å². The van der Waals surface area contributed by atoms with Gasteiger partial charge in [0, 0.05) is 13.0 Å². The molecule has 1 fully saturated rings. The number of nitrogens with one attached hydrogen (secondary N) is 2. The van der Waals surface area contributed by atoms with Crippen LogP contribution in [0.25, 0.3) is 0 Å². The van der Waals surface area contributed by atoms with Crippen molar-refractivity contribution < 1.29 is 14.1 Å². The summed E-state index contributed by atoms with van der Waals surface area (Å²) in [5.41, 5.74) is -0.162. The first kappa shape index (κ1) is 12.7. The molecule has 1 aromatic carbocycles. The Labute approximate surface area is 110 Å². The van der Waals surface area contributed by atoms with E-state index in [1.54, 1.807) is 0 Å². The van der Waals surface area contributed by atoms with E-state index in [0.717, 1.165) is 6.07 Å². The van der Waals surface area contributed by atoms with Crippen LogP contribution in [0.15, 0.2) is 16.6 Å². The summed E-state index contributed by atoms with van der Waals surface area (Å²) in [5, 5.41) is 16.3. The lowest BCUT2D eigenvalue weighted by molar-refractivity contribution is -0.384. The number of carbonyl (C=O) groups is 1. The number of rotatable bonds is 3. The number of anilines is 1. The van der Waals surface area contributed by atoms with E-state index >= 15 is 0 Å². The molecule has 0 spiro atoms. The Morgan fingerprint density at radius 1 is 1.56 bits per heavy atom. The Morgan fingerprint density at radius 2 is 2.28 bits per heavy atom. The number of nitro benzene ring substituents is 1. The number of benzene rings is 1. The molecule has 1 aliphatic heterocycles. The SMILES string of the molecule is O=C1CC(Nc2cc(Br)c(F)cc2[N+](=O)[O-])CN1. The average Bonchev–Trinajstić information content (AvgIpc) is 2.68. The fourth-order valence-corrected chi connectivity index (χ4v) is 2.07. The lowest BCUT2D eigenvalue weighted by Gasteiger charge is -2.12. The molecular formula is C10H9BrFN3O3. The van der Waals surface area contributed by atoms with Gasteiger partial charge in [0.25, 0.3) is 5.69 Å². The molecule has 1 aromatic rings. The molecule has 1 saturated heterocycles. The van der Waals surface area contributed by atoms with Crippen LogP contribution in [0.3, 0.4) is 0 Å². The van der Waals surface area contributed by atoms with Crippen molar-refractivity contribution in [3.63, 3.8) is 0 Å². The van der Waals surface area contributed by atoms with Gasteiger partial charge in [-0.05, 0) is 22.0 Å². The molecule has 0 aromatic heterocycles. The van der Waals surface area contributed by atoms with Crippen LogP contribution in [0.4, 0.5) is 15.8 Å². The van der Waals surface area contributed by atoms with E-state index in [9.17, 15) is 19.3 Å². The van der Waals surface area contributed by atoms with Gasteiger partial charge in [-0.15, -0.1) is 0 Å². The van der Waals surface area contributed by atoms with E-state index in [0.29, 0.717) is 6.54 Å². The highest BCUT2D eigenvalue weighted by Crippen LogP contribution is 2.31. The Morgan fingerprint density at radius 3 is 2.83 bits per heavy atom. The predicted molar refractivity (Wildman–Crippen MR) is 65.8 cm³/mol. The number of halogens is 2. The zero-order valence-electron chi connectivity index (χ0n) is 9.07. The van der Waals surface area contributed by atoms with Gasteiger partial charge in [-0.1, -0.05) is 0 Å². The van der Waals surface area contributed by atoms with Crippen LogP contribution >= 0.6 is 15.9 Å². The third-order valence-corrected chi connectivity index (χ3v) is 3.18. The van der Waals surface area contributed by atoms with Crippen molar-refractivity contribution in [3.05, 3.63) is 32.5 Å². The molecule has 0 saturated carbocycles. The molecule has 0 aliphatic carbocycles. The van der Waals surface area contributed by atoms with E-state index in [1.165, 1.54) is 6.07 Å². The van der Waals surface area contributed by atoms with Crippen molar-refractivity contribution in [2.24, 2.45) is 0 Å². The van der Waals surface area contributed by atoms with Crippen LogP contribution in [0, 0.1) is 15.9 Å². The Hall–Kier alpha value is -1.70. The molecule has 18 heavy (non-hydrogen) atoms. The Balaban J connectivity index is 2.28. The largest absolute Gasteiger partial charge is 0.374 e. The molecule has 1 aliphatic rings. The predicted octanol–water partition coefficient (Wildman–Crippen LogP) is 1.80. The van der Waals surface area contributed by atoms with Crippen LogP contribution in [0.2, 0.25) is 0 Å². The third-order valence-electron chi connectivity index (χ3n) is 2.57. The number of amides is 1. The van der Waals surface area contributed by atoms with Crippen LogP contribution < -0.4 is 10.6 Å². The van der Waals surface area contributed by atoms with Gasteiger partial charge in [-0.3, -0.25) is 14.9 Å². The van der Waals surface area contributed by atoms with Crippen molar-refractivity contribution in [1.29, 1.82) is 0 Å². The second kappa shape index (κ2) is 4.89. The molecule has 6 nitrogen and oxygen atoms in total. The quantitative estimate of drug-likeness (QED) is 0.657. The maximum atomic E-state index is 13.2. The summed E-state index contributed by atoms with van der Waals surface area (Å²) in [6, 6.07) is 1.92. The first-order chi connectivity index (χ1) is 8.47. The summed E-state index contributed by atoms with van der Waals surface area (Å²) < 4.78 is 13.4. The van der Waals surface area contributed by atoms with Crippen molar-refractivity contribution in [2.45, 2.75) is 12.5 Å². The minimum atomic E-state index is -0.701. The molecule has 1 atom stereocenters. The second-order valence-corrected chi connectivity index (χ2v) is 4.74. The van der Waals surface area contributed by atoms with Gasteiger partial charge in [0.05, 0.1) is 21.5 Å². The minimum absolute atomic E-state index is 0.115. The molecule has 2 N–H and O–H groups in total. The summed E-state index contributed by atoms with van der Waals surface area (Å²) in [5.74, 6) is -0.816. The maximum absolute atomic E-state index is 13.2. The molecule has 0 bridgehead atoms. The van der Waals surface area contributed by atoms with Crippen molar-refractivity contribution in [3.8, 4) is 0 Å². The summed E-state index contributed by atoms with van der Waals surface area (Å²) in [6.07, 6.45) is 0.242. The highest BCUT2D eigenvalue weighted by Gasteiger charge is 2.25. The number of hydrogen-bond donors (Lipinski definition) is 2. The van der Waals surface area contributed by atoms with Gasteiger partial charge in [-0.25, -0.2) is 4.39 Å². The smallest absolute Gasteiger partial charge is 0.295 e. The monoisotopic (exact) mass is 317 g/mol. The first-order valence-electron chi connectivity index (χ1n) is 5.14. The number of carbonyl (C=O) groups excluding carboxylic acids is 1. The second-order valence-electron chi connectivity index (χ2n) is 3.89. The highest BCUT2D eigenvalue weighted by atomic mass is 79.9. The topological polar surface area (TPSA) is 84.3 Å². The Bertz CT molecular complexity index is 523.